The minimum atomic E-state index is -4.67. The summed E-state index contributed by atoms with van der Waals surface area (Å²) < 4.78 is 40.1. The van der Waals surface area contributed by atoms with Gasteiger partial charge in [-0.15, -0.1) is 11.3 Å². The van der Waals surface area contributed by atoms with Crippen molar-refractivity contribution in [3.8, 4) is 17.3 Å². The number of carbonyl (C=O) groups is 1. The molecule has 33 heavy (non-hydrogen) atoms. The van der Waals surface area contributed by atoms with Gasteiger partial charge in [0.25, 0.3) is 0 Å². The van der Waals surface area contributed by atoms with E-state index in [1.165, 1.54) is 11.3 Å². The third-order valence-electron chi connectivity index (χ3n) is 5.00. The summed E-state index contributed by atoms with van der Waals surface area (Å²) in [6, 6.07) is 9.27. The number of halogens is 4. The van der Waals surface area contributed by atoms with Gasteiger partial charge in [0, 0.05) is 15.5 Å². The normalized spacial score (nSPS) is 13.3. The van der Waals surface area contributed by atoms with Gasteiger partial charge in [0.15, 0.2) is 5.16 Å². The lowest BCUT2D eigenvalue weighted by molar-refractivity contribution is -0.141. The summed E-state index contributed by atoms with van der Waals surface area (Å²) in [5, 5.41) is 13.0. The Bertz CT molecular complexity index is 1240. The molecule has 0 radical (unpaired) electrons. The predicted octanol–water partition coefficient (Wildman–Crippen LogP) is 6.36. The van der Waals surface area contributed by atoms with E-state index in [0.29, 0.717) is 21.2 Å². The summed E-state index contributed by atoms with van der Waals surface area (Å²) in [6.45, 7) is 0. The smallest absolute Gasteiger partial charge is 0.316 e. The van der Waals surface area contributed by atoms with E-state index >= 15 is 0 Å². The summed E-state index contributed by atoms with van der Waals surface area (Å²) in [7, 11) is 0. The fourth-order valence-corrected chi connectivity index (χ4v) is 5.51. The molecule has 0 saturated heterocycles. The second-order valence-electron chi connectivity index (χ2n) is 7.29. The largest absolute Gasteiger partial charge is 0.433 e. The van der Waals surface area contributed by atoms with Crippen LogP contribution in [0, 0.1) is 11.3 Å². The highest BCUT2D eigenvalue weighted by Crippen LogP contribution is 2.38. The van der Waals surface area contributed by atoms with Crippen molar-refractivity contribution >= 4 is 45.6 Å². The first-order chi connectivity index (χ1) is 15.7. The second kappa shape index (κ2) is 9.71. The fraction of sp³-hybridized carbons (Fsp3) is 0.273. The third kappa shape index (κ3) is 5.49. The number of benzene rings is 1. The van der Waals surface area contributed by atoms with Gasteiger partial charge in [0.1, 0.15) is 16.8 Å². The van der Waals surface area contributed by atoms with Gasteiger partial charge in [0.05, 0.1) is 17.0 Å². The van der Waals surface area contributed by atoms with E-state index in [1.807, 2.05) is 0 Å². The Balaban J connectivity index is 1.52. The molecule has 0 unspecified atom stereocenters. The van der Waals surface area contributed by atoms with Crippen molar-refractivity contribution in [1.82, 2.24) is 9.97 Å². The molecule has 1 aromatic carbocycles. The molecule has 1 N–H and O–H groups in total. The summed E-state index contributed by atoms with van der Waals surface area (Å²) in [4.78, 5) is 21.4. The number of nitrogens with one attached hydrogen (secondary N) is 1. The van der Waals surface area contributed by atoms with Crippen LogP contribution < -0.4 is 5.32 Å². The van der Waals surface area contributed by atoms with Gasteiger partial charge in [-0.2, -0.15) is 18.4 Å². The van der Waals surface area contributed by atoms with Gasteiger partial charge < -0.3 is 5.32 Å². The van der Waals surface area contributed by atoms with Crippen molar-refractivity contribution in [3.05, 3.63) is 57.1 Å². The molecule has 3 aromatic rings. The zero-order valence-corrected chi connectivity index (χ0v) is 19.4. The van der Waals surface area contributed by atoms with Gasteiger partial charge >= 0.3 is 6.18 Å². The van der Waals surface area contributed by atoms with Gasteiger partial charge in [-0.05, 0) is 49.4 Å². The summed E-state index contributed by atoms with van der Waals surface area (Å²) in [5.74, 6) is -0.640. The number of fused-ring (bicyclic) bond motifs is 1. The molecule has 0 saturated carbocycles. The highest BCUT2D eigenvalue weighted by Gasteiger charge is 2.34. The first kappa shape index (κ1) is 23.5. The summed E-state index contributed by atoms with van der Waals surface area (Å²) >= 11 is 8.05. The van der Waals surface area contributed by atoms with Crippen molar-refractivity contribution in [2.24, 2.45) is 0 Å². The molecule has 0 fully saturated rings. The Labute approximate surface area is 201 Å². The number of amides is 1. The highest BCUT2D eigenvalue weighted by atomic mass is 35.5. The van der Waals surface area contributed by atoms with Crippen molar-refractivity contribution in [3.63, 3.8) is 0 Å². The molecule has 5 nitrogen and oxygen atoms in total. The maximum Gasteiger partial charge on any atom is 0.433 e. The van der Waals surface area contributed by atoms with Crippen LogP contribution in [0.1, 0.15) is 34.5 Å². The van der Waals surface area contributed by atoms with Crippen molar-refractivity contribution in [2.75, 3.05) is 11.1 Å². The molecule has 4 rings (SSSR count). The molecular weight excluding hydrogens is 493 g/mol. The van der Waals surface area contributed by atoms with Crippen molar-refractivity contribution in [2.45, 2.75) is 37.0 Å². The maximum atomic E-state index is 13.4. The van der Waals surface area contributed by atoms with E-state index in [0.717, 1.165) is 54.0 Å². The molecule has 1 aliphatic rings. The third-order valence-corrected chi connectivity index (χ3v) is 7.31. The second-order valence-corrected chi connectivity index (χ2v) is 9.77. The lowest BCUT2D eigenvalue weighted by Crippen LogP contribution is -2.15. The van der Waals surface area contributed by atoms with E-state index < -0.39 is 17.8 Å². The SMILES string of the molecule is N#Cc1c(NC(=O)CSc2nc(-c3ccc(Cl)cc3)cc(C(F)(F)F)n2)sc2c1CCCC2. The number of aryl methyl sites for hydroxylation is 1. The van der Waals surface area contributed by atoms with Crippen LogP contribution in [0.3, 0.4) is 0 Å². The number of rotatable bonds is 5. The van der Waals surface area contributed by atoms with E-state index in [2.05, 4.69) is 21.4 Å². The van der Waals surface area contributed by atoms with Gasteiger partial charge in [-0.25, -0.2) is 9.97 Å². The van der Waals surface area contributed by atoms with Crippen LogP contribution in [0.4, 0.5) is 18.2 Å². The van der Waals surface area contributed by atoms with Crippen LogP contribution in [-0.4, -0.2) is 21.6 Å². The zero-order chi connectivity index (χ0) is 23.6. The van der Waals surface area contributed by atoms with E-state index in [1.54, 1.807) is 24.3 Å². The minimum absolute atomic E-state index is 0.0783. The van der Waals surface area contributed by atoms with E-state index in [9.17, 15) is 23.2 Å². The number of alkyl halides is 3. The van der Waals surface area contributed by atoms with Crippen LogP contribution >= 0.6 is 34.7 Å². The Hall–Kier alpha value is -2.61. The maximum absolute atomic E-state index is 13.4. The Morgan fingerprint density at radius 3 is 2.64 bits per heavy atom. The molecule has 2 heterocycles. The number of anilines is 1. The molecule has 11 heteroatoms. The topological polar surface area (TPSA) is 78.7 Å². The summed E-state index contributed by atoms with van der Waals surface area (Å²) in [6.07, 6.45) is -0.926. The number of nitriles is 1. The van der Waals surface area contributed by atoms with Gasteiger partial charge in [0.2, 0.25) is 5.91 Å². The van der Waals surface area contributed by atoms with Gasteiger partial charge in [-0.1, -0.05) is 35.5 Å². The molecule has 170 valence electrons. The number of hydrogen-bond donors (Lipinski definition) is 1. The quantitative estimate of drug-likeness (QED) is 0.320. The average Bonchev–Trinajstić information content (AvgIpc) is 3.14. The number of thioether (sulfide) groups is 1. The number of carbonyl (C=O) groups excluding carboxylic acids is 1. The number of thiophene rings is 1. The Morgan fingerprint density at radius 1 is 1.21 bits per heavy atom. The van der Waals surface area contributed by atoms with E-state index in [4.69, 9.17) is 11.6 Å². The Morgan fingerprint density at radius 2 is 1.94 bits per heavy atom. The first-order valence-electron chi connectivity index (χ1n) is 9.94. The molecule has 1 amide bonds. The molecule has 0 spiro atoms. The molecule has 1 aliphatic carbocycles. The van der Waals surface area contributed by atoms with Gasteiger partial charge in [-0.3, -0.25) is 4.79 Å². The van der Waals surface area contributed by atoms with Crippen molar-refractivity contribution in [1.29, 1.82) is 5.26 Å². The molecule has 0 bridgehead atoms. The van der Waals surface area contributed by atoms with E-state index in [-0.39, 0.29) is 16.6 Å². The first-order valence-corrected chi connectivity index (χ1v) is 12.1. The predicted molar refractivity (Wildman–Crippen MR) is 123 cm³/mol. The number of aromatic nitrogens is 2. The number of hydrogen-bond acceptors (Lipinski definition) is 6. The van der Waals surface area contributed by atoms with Crippen LogP contribution in [0.2, 0.25) is 5.02 Å². The minimum Gasteiger partial charge on any atom is -0.316 e. The zero-order valence-electron chi connectivity index (χ0n) is 17.0. The molecular formula is C22H16ClF3N4OS2. The molecule has 0 atom stereocenters. The van der Waals surface area contributed by atoms with Crippen molar-refractivity contribution < 1.29 is 18.0 Å². The van der Waals surface area contributed by atoms with Crippen LogP contribution in [-0.2, 0) is 23.8 Å². The average molecular weight is 509 g/mol. The summed E-state index contributed by atoms with van der Waals surface area (Å²) in [5.41, 5.74) is 0.901. The lowest BCUT2D eigenvalue weighted by Gasteiger charge is -2.10. The number of nitrogens with zero attached hydrogens (tertiary/aromatic N) is 3. The van der Waals surface area contributed by atoms with Crippen LogP contribution in [0.5, 0.6) is 0 Å². The Kier molecular flexibility index (Phi) is 6.93. The fourth-order valence-electron chi connectivity index (χ4n) is 3.47. The standard InChI is InChI=1S/C22H16ClF3N4OS2/c23-13-7-5-12(6-8-13)16-9-18(22(24,25)26)29-21(28-16)32-11-19(31)30-20-15(10-27)14-3-1-2-4-17(14)33-20/h5-9H,1-4,11H2,(H,30,31). The highest BCUT2D eigenvalue weighted by molar-refractivity contribution is 7.99. The van der Waals surface area contributed by atoms with Crippen LogP contribution in [0.25, 0.3) is 11.3 Å². The lowest BCUT2D eigenvalue weighted by atomic mass is 9.96. The molecule has 2 aromatic heterocycles. The monoisotopic (exact) mass is 508 g/mol. The molecule has 0 aliphatic heterocycles. The van der Waals surface area contributed by atoms with Crippen LogP contribution in [0.15, 0.2) is 35.5 Å².